The van der Waals surface area contributed by atoms with Crippen LogP contribution in [0.15, 0.2) is 30.6 Å². The number of methoxy groups -OCH3 is 1. The Morgan fingerprint density at radius 2 is 1.83 bits per heavy atom. The Balaban J connectivity index is 1.44. The normalized spacial score (nSPS) is 21.8. The molecule has 41 heavy (non-hydrogen) atoms. The van der Waals surface area contributed by atoms with Crippen LogP contribution >= 0.6 is 0 Å². The summed E-state index contributed by atoms with van der Waals surface area (Å²) >= 11 is 0. The zero-order chi connectivity index (χ0) is 29.4. The van der Waals surface area contributed by atoms with Gasteiger partial charge in [0.15, 0.2) is 0 Å². The van der Waals surface area contributed by atoms with Crippen molar-refractivity contribution in [1.82, 2.24) is 23.9 Å². The van der Waals surface area contributed by atoms with Gasteiger partial charge >= 0.3 is 15.5 Å². The Morgan fingerprint density at radius 3 is 2.49 bits per heavy atom. The van der Waals surface area contributed by atoms with Gasteiger partial charge in [-0.05, 0) is 56.4 Å². The molecule has 2 N–H and O–H groups in total. The van der Waals surface area contributed by atoms with Crippen molar-refractivity contribution in [2.45, 2.75) is 56.2 Å². The van der Waals surface area contributed by atoms with Crippen molar-refractivity contribution >= 4 is 27.3 Å². The third-order valence-electron chi connectivity index (χ3n) is 7.70. The fourth-order valence-corrected chi connectivity index (χ4v) is 6.49. The molecule has 4 heterocycles. The molecule has 0 amide bonds. The summed E-state index contributed by atoms with van der Waals surface area (Å²) in [5, 5.41) is 18.1. The third kappa shape index (κ3) is 6.12. The summed E-state index contributed by atoms with van der Waals surface area (Å²) in [5.41, 5.74) is -1.82. The number of aliphatic hydroxyl groups is 1. The number of piperazine rings is 1. The van der Waals surface area contributed by atoms with Crippen LogP contribution in [0.4, 0.5) is 24.9 Å². The third-order valence-corrected chi connectivity index (χ3v) is 9.33. The van der Waals surface area contributed by atoms with Crippen LogP contribution in [0.2, 0.25) is 0 Å². The lowest BCUT2D eigenvalue weighted by Crippen LogP contribution is -2.52. The maximum atomic E-state index is 13.0. The Labute approximate surface area is 236 Å². The summed E-state index contributed by atoms with van der Waals surface area (Å²) in [5.74, 6) is 1.20. The highest BCUT2D eigenvalue weighted by Crippen LogP contribution is 2.38. The zero-order valence-electron chi connectivity index (χ0n) is 22.9. The Bertz CT molecular complexity index is 1470. The molecule has 224 valence electrons. The number of rotatable bonds is 8. The minimum absolute atomic E-state index is 0.00453. The molecule has 2 fully saturated rings. The van der Waals surface area contributed by atoms with Crippen LogP contribution in [0.5, 0.6) is 0 Å². The molecule has 11 nitrogen and oxygen atoms in total. The Hall–Kier alpha value is -3.01. The molecule has 3 aromatic rings. The molecule has 1 saturated carbocycles. The number of halogens is 3. The van der Waals surface area contributed by atoms with Crippen LogP contribution in [0.1, 0.15) is 44.2 Å². The van der Waals surface area contributed by atoms with Crippen LogP contribution in [0.25, 0.3) is 16.6 Å². The van der Waals surface area contributed by atoms with Crippen molar-refractivity contribution < 1.29 is 31.4 Å². The average molecular weight is 598 g/mol. The summed E-state index contributed by atoms with van der Waals surface area (Å²) in [6, 6.07) is 5.78. The quantitative estimate of drug-likeness (QED) is 0.403. The molecule has 1 saturated heterocycles. The van der Waals surface area contributed by atoms with Crippen molar-refractivity contribution in [1.29, 1.82) is 0 Å². The van der Waals surface area contributed by atoms with Gasteiger partial charge in [-0.3, -0.25) is 0 Å². The fourth-order valence-electron chi connectivity index (χ4n) is 5.55. The van der Waals surface area contributed by atoms with Gasteiger partial charge in [0.25, 0.3) is 0 Å². The number of alkyl halides is 3. The molecule has 1 aliphatic carbocycles. The number of fused-ring (bicyclic) bond motifs is 1. The molecule has 5 rings (SSSR count). The molecule has 0 spiro atoms. The molecule has 2 aliphatic rings. The van der Waals surface area contributed by atoms with E-state index in [1.165, 1.54) is 0 Å². The van der Waals surface area contributed by atoms with E-state index in [1.54, 1.807) is 24.4 Å². The van der Waals surface area contributed by atoms with Crippen LogP contribution in [0.3, 0.4) is 0 Å². The maximum Gasteiger partial charge on any atom is 0.511 e. The first-order valence-corrected chi connectivity index (χ1v) is 15.0. The van der Waals surface area contributed by atoms with Gasteiger partial charge in [0.05, 0.1) is 24.4 Å². The average Bonchev–Trinajstić information content (AvgIpc) is 3.32. The number of nitrogens with zero attached hydrogens (tertiary/aromatic N) is 6. The van der Waals surface area contributed by atoms with Crippen LogP contribution in [-0.4, -0.2) is 95.0 Å². The molecule has 3 aromatic heterocycles. The van der Waals surface area contributed by atoms with Gasteiger partial charge in [0, 0.05) is 62.7 Å². The zero-order valence-corrected chi connectivity index (χ0v) is 23.7. The van der Waals surface area contributed by atoms with E-state index in [1.807, 2.05) is 23.6 Å². The van der Waals surface area contributed by atoms with Crippen LogP contribution < -0.4 is 10.2 Å². The van der Waals surface area contributed by atoms with E-state index in [-0.39, 0.29) is 44.2 Å². The largest absolute Gasteiger partial charge is 0.511 e. The molecule has 0 unspecified atom stereocenters. The smallest absolute Gasteiger partial charge is 0.393 e. The highest BCUT2D eigenvalue weighted by molar-refractivity contribution is 7.90. The number of hydrogen-bond donors (Lipinski definition) is 2. The van der Waals surface area contributed by atoms with E-state index in [2.05, 4.69) is 21.4 Å². The second kappa shape index (κ2) is 11.7. The van der Waals surface area contributed by atoms with Gasteiger partial charge < -0.3 is 20.1 Å². The van der Waals surface area contributed by atoms with Crippen molar-refractivity contribution in [2.75, 3.05) is 50.1 Å². The summed E-state index contributed by atoms with van der Waals surface area (Å²) < 4.78 is 70.2. The predicted octanol–water partition coefficient (Wildman–Crippen LogP) is 3.23. The molecular weight excluding hydrogens is 563 g/mol. The predicted molar refractivity (Wildman–Crippen MR) is 147 cm³/mol. The fraction of sp³-hybridized carbons (Fsp3) is 0.577. The van der Waals surface area contributed by atoms with Crippen molar-refractivity contribution in [3.63, 3.8) is 0 Å². The van der Waals surface area contributed by atoms with Gasteiger partial charge in [-0.2, -0.15) is 17.5 Å². The minimum atomic E-state index is -5.36. The molecule has 1 atom stereocenters. The standard InChI is InChI=1S/C26H34F3N7O4S/c1-17(16-40-2)32-25-31-15-23-21(14-22(36(23)33-25)18-3-5-20(37)6-4-18)19-7-8-30-24(13-19)34-9-11-35(12-10-34)41(38,39)26(27,28)29/h7-8,13-15,17-18,20,37H,3-6,9-12,16H2,1-2H3,(H,32,33)/t17-,18-,20-/m0/s1. The molecule has 1 aliphatic heterocycles. The van der Waals surface area contributed by atoms with Gasteiger partial charge in [-0.25, -0.2) is 22.9 Å². The number of ether oxygens (including phenoxy) is 1. The number of sulfonamides is 1. The topological polar surface area (TPSA) is 125 Å². The van der Waals surface area contributed by atoms with Crippen LogP contribution in [-0.2, 0) is 14.8 Å². The Kier molecular flexibility index (Phi) is 8.41. The van der Waals surface area contributed by atoms with E-state index < -0.39 is 15.5 Å². The van der Waals surface area contributed by atoms with E-state index in [9.17, 15) is 26.7 Å². The lowest BCUT2D eigenvalue weighted by Gasteiger charge is -2.34. The van der Waals surface area contributed by atoms with E-state index in [0.29, 0.717) is 35.5 Å². The van der Waals surface area contributed by atoms with Gasteiger partial charge in [-0.15, -0.1) is 5.10 Å². The highest BCUT2D eigenvalue weighted by Gasteiger charge is 2.50. The monoisotopic (exact) mass is 597 g/mol. The first-order chi connectivity index (χ1) is 19.5. The summed E-state index contributed by atoms with van der Waals surface area (Å²) in [7, 11) is -3.74. The molecule has 0 radical (unpaired) electrons. The SMILES string of the molecule is COC[C@H](C)Nc1ncc2c(-c3ccnc(N4CCN(S(=O)(=O)C(F)(F)F)CC4)c3)cc([C@H]3CC[C@H](O)CC3)n2n1. The lowest BCUT2D eigenvalue weighted by atomic mass is 9.85. The highest BCUT2D eigenvalue weighted by atomic mass is 32.2. The maximum absolute atomic E-state index is 13.0. The van der Waals surface area contributed by atoms with Crippen molar-refractivity contribution in [3.8, 4) is 11.1 Å². The number of aromatic nitrogens is 4. The number of hydrogen-bond acceptors (Lipinski definition) is 9. The number of anilines is 2. The van der Waals surface area contributed by atoms with Crippen molar-refractivity contribution in [3.05, 3.63) is 36.3 Å². The lowest BCUT2D eigenvalue weighted by molar-refractivity contribution is -0.0490. The minimum Gasteiger partial charge on any atom is -0.393 e. The first kappa shape index (κ1) is 29.5. The molecular formula is C26H34F3N7O4S. The number of nitrogens with one attached hydrogen (secondary N) is 1. The first-order valence-electron chi connectivity index (χ1n) is 13.6. The summed E-state index contributed by atoms with van der Waals surface area (Å²) in [6.07, 6.45) is 6.17. The van der Waals surface area contributed by atoms with Gasteiger partial charge in [-0.1, -0.05) is 0 Å². The molecule has 0 aromatic carbocycles. The second-order valence-corrected chi connectivity index (χ2v) is 12.5. The summed E-state index contributed by atoms with van der Waals surface area (Å²) in [4.78, 5) is 10.7. The molecule has 0 bridgehead atoms. The number of pyridine rings is 1. The Morgan fingerprint density at radius 1 is 1.12 bits per heavy atom. The molecule has 15 heteroatoms. The van der Waals surface area contributed by atoms with Crippen molar-refractivity contribution in [2.24, 2.45) is 0 Å². The van der Waals surface area contributed by atoms with Gasteiger partial charge in [0.2, 0.25) is 5.95 Å². The van der Waals surface area contributed by atoms with Gasteiger partial charge in [0.1, 0.15) is 5.82 Å². The number of aliphatic hydroxyl groups excluding tert-OH is 1. The van der Waals surface area contributed by atoms with E-state index in [0.717, 1.165) is 35.2 Å². The van der Waals surface area contributed by atoms with E-state index >= 15 is 0 Å². The second-order valence-electron chi connectivity index (χ2n) is 10.6. The summed E-state index contributed by atoms with van der Waals surface area (Å²) in [6.45, 7) is 2.04. The van der Waals surface area contributed by atoms with Crippen LogP contribution in [0, 0.1) is 0 Å². The van der Waals surface area contributed by atoms with E-state index in [4.69, 9.17) is 9.84 Å².